The summed E-state index contributed by atoms with van der Waals surface area (Å²) in [7, 11) is -4.00. The number of likely N-dealkylation sites (tertiary alicyclic amines) is 1. The smallest absolute Gasteiger partial charge is 0.312 e. The predicted molar refractivity (Wildman–Crippen MR) is 84.3 cm³/mol. The lowest BCUT2D eigenvalue weighted by Gasteiger charge is -2.34. The maximum absolute atomic E-state index is 11.3. The number of nitrogens with two attached hydrogens (primary N) is 1. The molecule has 2 saturated heterocycles. The Morgan fingerprint density at radius 2 is 2.17 bits per heavy atom. The normalized spacial score (nSPS) is 22.3. The van der Waals surface area contributed by atoms with Crippen molar-refractivity contribution in [1.29, 1.82) is 0 Å². The molecule has 0 aliphatic carbocycles. The van der Waals surface area contributed by atoms with E-state index in [9.17, 15) is 18.5 Å². The minimum atomic E-state index is -4.00. The van der Waals surface area contributed by atoms with Gasteiger partial charge in [0.25, 0.3) is 0 Å². The fraction of sp³-hybridized carbons (Fsp3) is 0.571. The average Bonchev–Trinajstić information content (AvgIpc) is 2.90. The van der Waals surface area contributed by atoms with Crippen molar-refractivity contribution in [1.82, 2.24) is 4.90 Å². The van der Waals surface area contributed by atoms with E-state index in [-0.39, 0.29) is 16.6 Å². The molecule has 0 saturated carbocycles. The van der Waals surface area contributed by atoms with E-state index in [0.29, 0.717) is 12.6 Å². The molecule has 0 unspecified atom stereocenters. The highest BCUT2D eigenvalue weighted by molar-refractivity contribution is 7.89. The first-order valence-corrected chi connectivity index (χ1v) is 9.15. The molecule has 2 N–H and O–H groups in total. The number of nitrogens with zero attached hydrogens (tertiary/aromatic N) is 2. The summed E-state index contributed by atoms with van der Waals surface area (Å²) in [6, 6.07) is 3.89. The van der Waals surface area contributed by atoms with Crippen LogP contribution in [0.15, 0.2) is 23.1 Å². The van der Waals surface area contributed by atoms with E-state index in [1.54, 1.807) is 0 Å². The molecule has 0 spiro atoms. The third-order valence-corrected chi connectivity index (χ3v) is 5.30. The maximum atomic E-state index is 11.3. The molecule has 0 radical (unpaired) electrons. The van der Waals surface area contributed by atoms with Gasteiger partial charge in [0.1, 0.15) is 0 Å². The number of hydrogen-bond acceptors (Lipinski definition) is 7. The predicted octanol–water partition coefficient (Wildman–Crippen LogP) is 0.342. The standard InChI is InChI=1S/C14H19N3O6S/c15-24(20,21)12-1-2-14(13(5-12)17(18)19)23-7-10-3-4-16(6-10)11-8-22-9-11/h1-2,5,10-11H,3-4,6-9H2,(H2,15,20,21)/t10-/m0/s1. The third kappa shape index (κ3) is 3.66. The zero-order chi connectivity index (χ0) is 17.3. The monoisotopic (exact) mass is 357 g/mol. The maximum Gasteiger partial charge on any atom is 0.312 e. The molecule has 1 atom stereocenters. The van der Waals surface area contributed by atoms with E-state index in [1.165, 1.54) is 12.1 Å². The van der Waals surface area contributed by atoms with Gasteiger partial charge in [0, 0.05) is 18.5 Å². The van der Waals surface area contributed by atoms with Crippen LogP contribution in [0, 0.1) is 16.0 Å². The average molecular weight is 357 g/mol. The van der Waals surface area contributed by atoms with Crippen LogP contribution in [0.3, 0.4) is 0 Å². The van der Waals surface area contributed by atoms with Gasteiger partial charge in [-0.15, -0.1) is 0 Å². The summed E-state index contributed by atoms with van der Waals surface area (Å²) in [6.07, 6.45) is 0.958. The van der Waals surface area contributed by atoms with Crippen LogP contribution in [0.2, 0.25) is 0 Å². The van der Waals surface area contributed by atoms with E-state index >= 15 is 0 Å². The lowest BCUT2D eigenvalue weighted by atomic mass is 10.1. The number of hydrogen-bond donors (Lipinski definition) is 1. The molecule has 132 valence electrons. The molecule has 2 heterocycles. The fourth-order valence-electron chi connectivity index (χ4n) is 2.91. The Bertz CT molecular complexity index is 734. The lowest BCUT2D eigenvalue weighted by Crippen LogP contribution is -2.48. The number of benzene rings is 1. The fourth-order valence-corrected chi connectivity index (χ4v) is 3.44. The summed E-state index contributed by atoms with van der Waals surface area (Å²) in [4.78, 5) is 12.5. The quantitative estimate of drug-likeness (QED) is 0.575. The van der Waals surface area contributed by atoms with Crippen molar-refractivity contribution in [3.63, 3.8) is 0 Å². The molecule has 2 fully saturated rings. The number of nitro benzene ring substituents is 1. The molecule has 0 amide bonds. The summed E-state index contributed by atoms with van der Waals surface area (Å²) in [5.74, 6) is 0.334. The first kappa shape index (κ1) is 17.1. The van der Waals surface area contributed by atoms with Crippen LogP contribution in [0.5, 0.6) is 5.75 Å². The Morgan fingerprint density at radius 3 is 2.75 bits per heavy atom. The molecule has 1 aromatic carbocycles. The first-order valence-electron chi connectivity index (χ1n) is 7.60. The van der Waals surface area contributed by atoms with Crippen molar-refractivity contribution in [3.8, 4) is 5.75 Å². The van der Waals surface area contributed by atoms with Gasteiger partial charge < -0.3 is 9.47 Å². The topological polar surface area (TPSA) is 125 Å². The number of sulfonamides is 1. The summed E-state index contributed by atoms with van der Waals surface area (Å²) < 4.78 is 33.4. The Morgan fingerprint density at radius 1 is 1.42 bits per heavy atom. The van der Waals surface area contributed by atoms with E-state index in [0.717, 1.165) is 38.8 Å². The molecule has 24 heavy (non-hydrogen) atoms. The van der Waals surface area contributed by atoms with Crippen molar-refractivity contribution in [2.24, 2.45) is 11.1 Å². The molecule has 0 bridgehead atoms. The van der Waals surface area contributed by atoms with Crippen LogP contribution in [-0.2, 0) is 14.8 Å². The molecule has 3 rings (SSSR count). The Hall–Kier alpha value is -1.75. The Kier molecular flexibility index (Phi) is 4.72. The second-order valence-electron chi connectivity index (χ2n) is 6.08. The summed E-state index contributed by atoms with van der Waals surface area (Å²) in [6.45, 7) is 3.70. The van der Waals surface area contributed by atoms with Gasteiger partial charge in [0.2, 0.25) is 10.0 Å². The van der Waals surface area contributed by atoms with E-state index in [2.05, 4.69) is 4.90 Å². The first-order chi connectivity index (χ1) is 11.3. The number of primary sulfonamides is 1. The molecule has 2 aliphatic rings. The van der Waals surface area contributed by atoms with Gasteiger partial charge in [0.15, 0.2) is 5.75 Å². The van der Waals surface area contributed by atoms with Crippen molar-refractivity contribution in [2.75, 3.05) is 32.9 Å². The van der Waals surface area contributed by atoms with Crippen molar-refractivity contribution in [2.45, 2.75) is 17.4 Å². The van der Waals surface area contributed by atoms with Gasteiger partial charge in [-0.05, 0) is 25.1 Å². The summed E-state index contributed by atoms with van der Waals surface area (Å²) in [5, 5.41) is 16.2. The van der Waals surface area contributed by atoms with Crippen LogP contribution < -0.4 is 9.88 Å². The highest BCUT2D eigenvalue weighted by atomic mass is 32.2. The van der Waals surface area contributed by atoms with Crippen molar-refractivity contribution < 1.29 is 22.8 Å². The van der Waals surface area contributed by atoms with Gasteiger partial charge in [-0.3, -0.25) is 15.0 Å². The van der Waals surface area contributed by atoms with Crippen molar-refractivity contribution >= 4 is 15.7 Å². The number of nitro groups is 1. The molecular formula is C14H19N3O6S. The number of rotatable bonds is 6. The lowest BCUT2D eigenvalue weighted by molar-refractivity contribution is -0.386. The zero-order valence-corrected chi connectivity index (χ0v) is 13.8. The molecule has 0 aromatic heterocycles. The van der Waals surface area contributed by atoms with Gasteiger partial charge >= 0.3 is 5.69 Å². The minimum Gasteiger partial charge on any atom is -0.486 e. The van der Waals surface area contributed by atoms with E-state index < -0.39 is 20.6 Å². The SMILES string of the molecule is NS(=O)(=O)c1ccc(OC[C@H]2CCN(C3COC3)C2)c([N+](=O)[O-])c1. The van der Waals surface area contributed by atoms with Crippen molar-refractivity contribution in [3.05, 3.63) is 28.3 Å². The van der Waals surface area contributed by atoms with Crippen LogP contribution in [0.1, 0.15) is 6.42 Å². The van der Waals surface area contributed by atoms with Gasteiger partial charge in [-0.1, -0.05) is 0 Å². The Labute approximate surface area is 139 Å². The minimum absolute atomic E-state index is 0.0535. The largest absolute Gasteiger partial charge is 0.486 e. The van der Waals surface area contributed by atoms with Crippen LogP contribution >= 0.6 is 0 Å². The molecular weight excluding hydrogens is 338 g/mol. The highest BCUT2D eigenvalue weighted by Gasteiger charge is 2.33. The van der Waals surface area contributed by atoms with Crippen LogP contribution in [0.25, 0.3) is 0 Å². The zero-order valence-electron chi connectivity index (χ0n) is 13.0. The molecule has 2 aliphatic heterocycles. The molecule has 1 aromatic rings. The van der Waals surface area contributed by atoms with Crippen LogP contribution in [0.4, 0.5) is 5.69 Å². The summed E-state index contributed by atoms with van der Waals surface area (Å²) in [5.41, 5.74) is -0.399. The molecule has 9 nitrogen and oxygen atoms in total. The van der Waals surface area contributed by atoms with Gasteiger partial charge in [0.05, 0.1) is 35.7 Å². The van der Waals surface area contributed by atoms with Gasteiger partial charge in [-0.2, -0.15) is 0 Å². The summed E-state index contributed by atoms with van der Waals surface area (Å²) >= 11 is 0. The van der Waals surface area contributed by atoms with Gasteiger partial charge in [-0.25, -0.2) is 13.6 Å². The second-order valence-corrected chi connectivity index (χ2v) is 7.64. The van der Waals surface area contributed by atoms with Crippen LogP contribution in [-0.4, -0.2) is 57.2 Å². The van der Waals surface area contributed by atoms with E-state index in [4.69, 9.17) is 14.6 Å². The molecule has 10 heteroatoms. The Balaban J connectivity index is 1.65. The second kappa shape index (κ2) is 6.63. The van der Waals surface area contributed by atoms with E-state index in [1.807, 2.05) is 0 Å². The highest BCUT2D eigenvalue weighted by Crippen LogP contribution is 2.31. The number of ether oxygens (including phenoxy) is 2. The third-order valence-electron chi connectivity index (χ3n) is 4.38.